The highest BCUT2D eigenvalue weighted by Gasteiger charge is 2.38. The van der Waals surface area contributed by atoms with Crippen molar-refractivity contribution in [3.8, 4) is 0 Å². The first kappa shape index (κ1) is 15.7. The van der Waals surface area contributed by atoms with E-state index in [2.05, 4.69) is 4.98 Å². The Labute approximate surface area is 132 Å². The fraction of sp³-hybridized carbons (Fsp3) is 0.375. The smallest absolute Gasteiger partial charge is 0.330 e. The summed E-state index contributed by atoms with van der Waals surface area (Å²) in [7, 11) is 0. The third-order valence-electron chi connectivity index (χ3n) is 3.83. The quantitative estimate of drug-likeness (QED) is 0.847. The van der Waals surface area contributed by atoms with Gasteiger partial charge in [0, 0.05) is 11.8 Å². The number of rotatable bonds is 4. The van der Waals surface area contributed by atoms with E-state index in [1.54, 1.807) is 6.92 Å². The molecule has 0 saturated carbocycles. The predicted molar refractivity (Wildman–Crippen MR) is 82.1 cm³/mol. The molecule has 3 atom stereocenters. The number of aromatic nitrogens is 2. The third kappa shape index (κ3) is 3.26. The van der Waals surface area contributed by atoms with E-state index in [1.165, 1.54) is 10.8 Å². The van der Waals surface area contributed by atoms with Crippen LogP contribution in [-0.4, -0.2) is 33.5 Å². The number of hydrogen-bond acceptors (Lipinski definition) is 5. The zero-order valence-electron chi connectivity index (χ0n) is 12.6. The van der Waals surface area contributed by atoms with Crippen molar-refractivity contribution in [3.63, 3.8) is 0 Å². The first-order valence-corrected chi connectivity index (χ1v) is 7.33. The summed E-state index contributed by atoms with van der Waals surface area (Å²) >= 11 is 0. The average Bonchev–Trinajstić information content (AvgIpc) is 2.91. The van der Waals surface area contributed by atoms with E-state index >= 15 is 0 Å². The predicted octanol–water partition coefficient (Wildman–Crippen LogP) is 0.320. The highest BCUT2D eigenvalue weighted by Crippen LogP contribution is 2.25. The fourth-order valence-corrected chi connectivity index (χ4v) is 2.52. The number of aryl methyl sites for hydroxylation is 1. The van der Waals surface area contributed by atoms with Gasteiger partial charge >= 0.3 is 5.69 Å². The van der Waals surface area contributed by atoms with Gasteiger partial charge in [-0.2, -0.15) is 0 Å². The Bertz CT molecular complexity index is 783. The summed E-state index contributed by atoms with van der Waals surface area (Å²) in [6.07, 6.45) is -1.03. The van der Waals surface area contributed by atoms with Gasteiger partial charge in [0.25, 0.3) is 5.56 Å². The van der Waals surface area contributed by atoms with E-state index in [0.717, 1.165) is 5.56 Å². The van der Waals surface area contributed by atoms with Crippen LogP contribution in [0.2, 0.25) is 0 Å². The molecule has 0 aliphatic carbocycles. The fourth-order valence-electron chi connectivity index (χ4n) is 2.52. The van der Waals surface area contributed by atoms with E-state index in [1.807, 2.05) is 30.3 Å². The van der Waals surface area contributed by atoms with Gasteiger partial charge in [0.1, 0.15) is 12.2 Å². The molecule has 0 bridgehead atoms. The minimum absolute atomic E-state index is 0.170. The van der Waals surface area contributed by atoms with E-state index in [4.69, 9.17) is 9.47 Å². The SMILES string of the molecule is Cc1cn([C@@H]2OC[C@H](OCc3ccccc3)[C@H]2O)c(=O)[nH]c1=O. The Balaban J connectivity index is 1.72. The lowest BCUT2D eigenvalue weighted by Crippen LogP contribution is -2.38. The number of nitrogens with zero attached hydrogens (tertiary/aromatic N) is 1. The van der Waals surface area contributed by atoms with Crippen molar-refractivity contribution in [1.82, 2.24) is 9.55 Å². The summed E-state index contributed by atoms with van der Waals surface area (Å²) in [5, 5.41) is 10.4. The zero-order chi connectivity index (χ0) is 16.4. The molecule has 1 aromatic carbocycles. The monoisotopic (exact) mass is 318 g/mol. The van der Waals surface area contributed by atoms with Gasteiger partial charge in [0.05, 0.1) is 13.2 Å². The lowest BCUT2D eigenvalue weighted by atomic mass is 10.2. The maximum absolute atomic E-state index is 11.9. The molecule has 0 unspecified atom stereocenters. The summed E-state index contributed by atoms with van der Waals surface area (Å²) in [4.78, 5) is 25.5. The van der Waals surface area contributed by atoms with Crippen LogP contribution >= 0.6 is 0 Å². The van der Waals surface area contributed by atoms with Crippen LogP contribution < -0.4 is 11.2 Å². The maximum atomic E-state index is 11.9. The van der Waals surface area contributed by atoms with Crippen LogP contribution in [0.3, 0.4) is 0 Å². The molecule has 7 heteroatoms. The summed E-state index contributed by atoms with van der Waals surface area (Å²) < 4.78 is 12.4. The van der Waals surface area contributed by atoms with Gasteiger partial charge in [0.15, 0.2) is 6.23 Å². The molecule has 1 aliphatic heterocycles. The molecule has 122 valence electrons. The van der Waals surface area contributed by atoms with Crippen LogP contribution in [0.5, 0.6) is 0 Å². The molecule has 1 fully saturated rings. The van der Waals surface area contributed by atoms with Gasteiger partial charge in [-0.25, -0.2) is 4.79 Å². The highest BCUT2D eigenvalue weighted by molar-refractivity contribution is 5.13. The van der Waals surface area contributed by atoms with Crippen molar-refractivity contribution in [1.29, 1.82) is 0 Å². The lowest BCUT2D eigenvalue weighted by Gasteiger charge is -2.19. The van der Waals surface area contributed by atoms with Crippen molar-refractivity contribution >= 4 is 0 Å². The van der Waals surface area contributed by atoms with Crippen LogP contribution in [0.4, 0.5) is 0 Å². The number of H-pyrrole nitrogens is 1. The van der Waals surface area contributed by atoms with Gasteiger partial charge < -0.3 is 14.6 Å². The van der Waals surface area contributed by atoms with Crippen LogP contribution in [0.1, 0.15) is 17.4 Å². The average molecular weight is 318 g/mol. The number of nitrogens with one attached hydrogen (secondary N) is 1. The molecule has 2 heterocycles. The van der Waals surface area contributed by atoms with Gasteiger partial charge in [-0.15, -0.1) is 0 Å². The molecule has 7 nitrogen and oxygen atoms in total. The Morgan fingerprint density at radius 3 is 2.83 bits per heavy atom. The Hall–Kier alpha value is -2.22. The number of hydrogen-bond donors (Lipinski definition) is 2. The van der Waals surface area contributed by atoms with E-state index in [9.17, 15) is 14.7 Å². The number of aromatic amines is 1. The van der Waals surface area contributed by atoms with E-state index in [0.29, 0.717) is 12.2 Å². The molecule has 23 heavy (non-hydrogen) atoms. The summed E-state index contributed by atoms with van der Waals surface area (Å²) in [5.74, 6) is 0. The summed E-state index contributed by atoms with van der Waals surface area (Å²) in [5.41, 5.74) is 0.290. The minimum atomic E-state index is -0.998. The van der Waals surface area contributed by atoms with Crippen molar-refractivity contribution in [2.75, 3.05) is 6.61 Å². The second kappa shape index (κ2) is 6.49. The molecule has 0 amide bonds. The lowest BCUT2D eigenvalue weighted by molar-refractivity contribution is -0.0426. The zero-order valence-corrected chi connectivity index (χ0v) is 12.6. The number of benzene rings is 1. The van der Waals surface area contributed by atoms with Crippen LogP contribution in [0.25, 0.3) is 0 Å². The Morgan fingerprint density at radius 1 is 1.35 bits per heavy atom. The summed E-state index contributed by atoms with van der Waals surface area (Å²) in [6.45, 7) is 2.10. The topological polar surface area (TPSA) is 93.6 Å². The van der Waals surface area contributed by atoms with Crippen LogP contribution in [0.15, 0.2) is 46.1 Å². The Morgan fingerprint density at radius 2 is 2.09 bits per heavy atom. The normalized spacial score (nSPS) is 24.0. The molecule has 2 N–H and O–H groups in total. The van der Waals surface area contributed by atoms with Crippen LogP contribution in [0, 0.1) is 6.92 Å². The highest BCUT2D eigenvalue weighted by atomic mass is 16.6. The first-order chi connectivity index (χ1) is 11.1. The van der Waals surface area contributed by atoms with Crippen molar-refractivity contribution in [3.05, 3.63) is 68.5 Å². The number of ether oxygens (including phenoxy) is 2. The number of aliphatic hydroxyl groups is 1. The van der Waals surface area contributed by atoms with Gasteiger partial charge in [-0.3, -0.25) is 14.3 Å². The Kier molecular flexibility index (Phi) is 4.42. The molecule has 1 aromatic heterocycles. The van der Waals surface area contributed by atoms with Crippen LogP contribution in [-0.2, 0) is 16.1 Å². The summed E-state index contributed by atoms with van der Waals surface area (Å²) in [6, 6.07) is 9.58. The van der Waals surface area contributed by atoms with Crippen molar-refractivity contribution < 1.29 is 14.6 Å². The van der Waals surface area contributed by atoms with Gasteiger partial charge in [0.2, 0.25) is 0 Å². The molecule has 0 radical (unpaired) electrons. The minimum Gasteiger partial charge on any atom is -0.386 e. The van der Waals surface area contributed by atoms with Crippen molar-refractivity contribution in [2.45, 2.75) is 32.0 Å². The molecule has 2 aromatic rings. The molecular formula is C16H18N2O5. The standard InChI is InChI=1S/C16H18N2O5/c1-10-7-18(16(21)17-14(10)20)15-13(19)12(9-23-15)22-8-11-5-3-2-4-6-11/h2-7,12-13,15,19H,8-9H2,1H3,(H,17,20,21)/t12-,13+,15+/m0/s1. The van der Waals surface area contributed by atoms with E-state index in [-0.39, 0.29) is 6.61 Å². The molecule has 1 aliphatic rings. The van der Waals surface area contributed by atoms with Gasteiger partial charge in [-0.1, -0.05) is 30.3 Å². The molecule has 3 rings (SSSR count). The molecule has 1 saturated heterocycles. The molecule has 0 spiro atoms. The first-order valence-electron chi connectivity index (χ1n) is 7.33. The number of aliphatic hydroxyl groups excluding tert-OH is 1. The van der Waals surface area contributed by atoms with Crippen molar-refractivity contribution in [2.24, 2.45) is 0 Å². The van der Waals surface area contributed by atoms with Gasteiger partial charge in [-0.05, 0) is 12.5 Å². The third-order valence-corrected chi connectivity index (χ3v) is 3.83. The van der Waals surface area contributed by atoms with E-state index < -0.39 is 29.7 Å². The second-order valence-electron chi connectivity index (χ2n) is 5.53. The largest absolute Gasteiger partial charge is 0.386 e. The molecular weight excluding hydrogens is 300 g/mol. The maximum Gasteiger partial charge on any atom is 0.330 e. The second-order valence-corrected chi connectivity index (χ2v) is 5.53.